The van der Waals surface area contributed by atoms with Gasteiger partial charge in [0.15, 0.2) is 0 Å². The number of carbonyl (C=O) groups excluding carboxylic acids is 1. The molecule has 1 heterocycles. The minimum Gasteiger partial charge on any atom is -0.490 e. The van der Waals surface area contributed by atoms with Crippen molar-refractivity contribution in [2.24, 2.45) is 0 Å². The predicted molar refractivity (Wildman–Crippen MR) is 94.4 cm³/mol. The Balaban J connectivity index is 1.78. The molecule has 0 spiro atoms. The highest BCUT2D eigenvalue weighted by Crippen LogP contribution is 2.26. The number of carbonyl (C=O) groups is 1. The van der Waals surface area contributed by atoms with Gasteiger partial charge in [0.05, 0.1) is 12.2 Å². The van der Waals surface area contributed by atoms with Crippen molar-refractivity contribution in [2.75, 3.05) is 19.7 Å². The van der Waals surface area contributed by atoms with E-state index in [-0.39, 0.29) is 12.1 Å². The summed E-state index contributed by atoms with van der Waals surface area (Å²) in [4.78, 5) is 11.9. The fraction of sp³-hybridized carbons (Fsp3) is 0.350. The first kappa shape index (κ1) is 16.5. The van der Waals surface area contributed by atoms with E-state index in [9.17, 15) is 4.79 Å². The van der Waals surface area contributed by atoms with Crippen molar-refractivity contribution in [1.29, 1.82) is 0 Å². The molecule has 3 rings (SSSR count). The highest BCUT2D eigenvalue weighted by molar-refractivity contribution is 5.91. The molecule has 0 radical (unpaired) electrons. The number of hydrogen-bond donors (Lipinski definition) is 1. The van der Waals surface area contributed by atoms with Crippen molar-refractivity contribution in [3.05, 3.63) is 54.1 Å². The molecule has 0 saturated carbocycles. The Morgan fingerprint density at radius 3 is 2.54 bits per heavy atom. The molecule has 2 aromatic carbocycles. The molecule has 2 aromatic rings. The molecule has 0 aliphatic carbocycles. The maximum atomic E-state index is 11.9. The molecule has 24 heavy (non-hydrogen) atoms. The molecule has 0 atom stereocenters. The lowest BCUT2D eigenvalue weighted by atomic mass is 10.0. The van der Waals surface area contributed by atoms with E-state index < -0.39 is 0 Å². The van der Waals surface area contributed by atoms with Crippen molar-refractivity contribution in [3.63, 3.8) is 0 Å². The first-order valence-electron chi connectivity index (χ1n) is 8.51. The second-order valence-corrected chi connectivity index (χ2v) is 5.90. The summed E-state index contributed by atoms with van der Waals surface area (Å²) in [5, 5.41) is 3.34. The number of benzene rings is 2. The minimum atomic E-state index is -0.290. The number of rotatable bonds is 5. The van der Waals surface area contributed by atoms with E-state index in [0.29, 0.717) is 12.2 Å². The molecule has 1 fully saturated rings. The quantitative estimate of drug-likeness (QED) is 0.852. The van der Waals surface area contributed by atoms with E-state index >= 15 is 0 Å². The molecule has 0 amide bonds. The third kappa shape index (κ3) is 4.15. The van der Waals surface area contributed by atoms with Gasteiger partial charge in [-0.1, -0.05) is 24.3 Å². The fourth-order valence-electron chi connectivity index (χ4n) is 2.89. The lowest BCUT2D eigenvalue weighted by molar-refractivity contribution is 0.0526. The summed E-state index contributed by atoms with van der Waals surface area (Å²) in [5.74, 6) is 0.586. The van der Waals surface area contributed by atoms with Gasteiger partial charge in [0.1, 0.15) is 11.9 Å². The van der Waals surface area contributed by atoms with Crippen LogP contribution in [0.25, 0.3) is 11.1 Å². The van der Waals surface area contributed by atoms with Crippen LogP contribution in [-0.4, -0.2) is 31.8 Å². The van der Waals surface area contributed by atoms with Crippen molar-refractivity contribution >= 4 is 5.97 Å². The van der Waals surface area contributed by atoms with Crippen LogP contribution >= 0.6 is 0 Å². The Morgan fingerprint density at radius 1 is 1.08 bits per heavy atom. The predicted octanol–water partition coefficient (Wildman–Crippen LogP) is 3.66. The summed E-state index contributed by atoms with van der Waals surface area (Å²) in [6.07, 6.45) is 2.33. The molecule has 4 heteroatoms. The van der Waals surface area contributed by atoms with Gasteiger partial charge in [0.25, 0.3) is 0 Å². The Hall–Kier alpha value is -2.33. The van der Waals surface area contributed by atoms with E-state index in [1.54, 1.807) is 6.07 Å². The Labute approximate surface area is 142 Å². The average molecular weight is 325 g/mol. The number of hydrogen-bond acceptors (Lipinski definition) is 4. The van der Waals surface area contributed by atoms with Crippen LogP contribution in [0.2, 0.25) is 0 Å². The van der Waals surface area contributed by atoms with Gasteiger partial charge in [-0.15, -0.1) is 0 Å². The molecule has 0 aromatic heterocycles. The summed E-state index contributed by atoms with van der Waals surface area (Å²) < 4.78 is 11.2. The average Bonchev–Trinajstić information content (AvgIpc) is 2.63. The molecule has 4 nitrogen and oxygen atoms in total. The standard InChI is InChI=1S/C20H23NO3/c1-2-23-20(22)17-7-3-5-15(13-17)16-6-4-8-19(14-16)24-18-9-11-21-12-10-18/h3-8,13-14,18,21H,2,9-12H2,1H3. The molecule has 1 N–H and O–H groups in total. The number of piperidine rings is 1. The zero-order valence-corrected chi connectivity index (χ0v) is 14.0. The zero-order valence-electron chi connectivity index (χ0n) is 14.0. The van der Waals surface area contributed by atoms with Crippen LogP contribution < -0.4 is 10.1 Å². The Morgan fingerprint density at radius 2 is 1.79 bits per heavy atom. The van der Waals surface area contributed by atoms with Crippen LogP contribution in [-0.2, 0) is 4.74 Å². The highest BCUT2D eigenvalue weighted by atomic mass is 16.5. The molecule has 0 bridgehead atoms. The third-order valence-electron chi connectivity index (χ3n) is 4.13. The third-order valence-corrected chi connectivity index (χ3v) is 4.13. The highest BCUT2D eigenvalue weighted by Gasteiger charge is 2.15. The maximum absolute atomic E-state index is 11.9. The van der Waals surface area contributed by atoms with E-state index in [1.807, 2.05) is 49.4 Å². The van der Waals surface area contributed by atoms with Crippen LogP contribution in [0, 0.1) is 0 Å². The number of nitrogens with one attached hydrogen (secondary N) is 1. The monoisotopic (exact) mass is 325 g/mol. The Kier molecular flexibility index (Phi) is 5.49. The van der Waals surface area contributed by atoms with E-state index in [2.05, 4.69) is 5.32 Å². The molecule has 0 unspecified atom stereocenters. The molecule has 126 valence electrons. The van der Waals surface area contributed by atoms with Gasteiger partial charge in [0, 0.05) is 0 Å². The SMILES string of the molecule is CCOC(=O)c1cccc(-c2cccc(OC3CCNCC3)c2)c1. The van der Waals surface area contributed by atoms with Gasteiger partial charge < -0.3 is 14.8 Å². The molecule has 1 aliphatic heterocycles. The van der Waals surface area contributed by atoms with E-state index in [4.69, 9.17) is 9.47 Å². The first-order valence-corrected chi connectivity index (χ1v) is 8.51. The van der Waals surface area contributed by atoms with Crippen LogP contribution in [0.4, 0.5) is 0 Å². The second kappa shape index (κ2) is 7.97. The van der Waals surface area contributed by atoms with Crippen molar-refractivity contribution in [2.45, 2.75) is 25.9 Å². The van der Waals surface area contributed by atoms with Gasteiger partial charge in [-0.3, -0.25) is 0 Å². The topological polar surface area (TPSA) is 47.6 Å². The van der Waals surface area contributed by atoms with E-state index in [1.165, 1.54) is 0 Å². The summed E-state index contributed by atoms with van der Waals surface area (Å²) in [7, 11) is 0. The summed E-state index contributed by atoms with van der Waals surface area (Å²) >= 11 is 0. The van der Waals surface area contributed by atoms with Gasteiger partial charge in [-0.2, -0.15) is 0 Å². The van der Waals surface area contributed by atoms with Gasteiger partial charge in [-0.05, 0) is 68.2 Å². The zero-order chi connectivity index (χ0) is 16.8. The largest absolute Gasteiger partial charge is 0.490 e. The Bertz CT molecular complexity index is 693. The summed E-state index contributed by atoms with van der Waals surface area (Å²) in [6.45, 7) is 4.20. The fourth-order valence-corrected chi connectivity index (χ4v) is 2.89. The normalized spacial score (nSPS) is 15.0. The van der Waals surface area contributed by atoms with Crippen molar-refractivity contribution < 1.29 is 14.3 Å². The van der Waals surface area contributed by atoms with Crippen molar-refractivity contribution in [1.82, 2.24) is 5.32 Å². The van der Waals surface area contributed by atoms with Crippen LogP contribution in [0.3, 0.4) is 0 Å². The first-order chi connectivity index (χ1) is 11.8. The van der Waals surface area contributed by atoms with E-state index in [0.717, 1.165) is 42.8 Å². The molecule has 1 aliphatic rings. The molecular formula is C20H23NO3. The molecule has 1 saturated heterocycles. The number of esters is 1. The maximum Gasteiger partial charge on any atom is 0.338 e. The van der Waals surface area contributed by atoms with Gasteiger partial charge in [-0.25, -0.2) is 4.79 Å². The van der Waals surface area contributed by atoms with Crippen LogP contribution in [0.5, 0.6) is 5.75 Å². The van der Waals surface area contributed by atoms with Gasteiger partial charge >= 0.3 is 5.97 Å². The summed E-state index contributed by atoms with van der Waals surface area (Å²) in [5.41, 5.74) is 2.59. The van der Waals surface area contributed by atoms with Crippen LogP contribution in [0.15, 0.2) is 48.5 Å². The smallest absolute Gasteiger partial charge is 0.338 e. The van der Waals surface area contributed by atoms with Crippen molar-refractivity contribution in [3.8, 4) is 16.9 Å². The molecular weight excluding hydrogens is 302 g/mol. The lowest BCUT2D eigenvalue weighted by Crippen LogP contribution is -2.34. The lowest BCUT2D eigenvalue weighted by Gasteiger charge is -2.24. The van der Waals surface area contributed by atoms with Gasteiger partial charge in [0.2, 0.25) is 0 Å². The number of ether oxygens (including phenoxy) is 2. The van der Waals surface area contributed by atoms with Crippen LogP contribution in [0.1, 0.15) is 30.1 Å². The summed E-state index contributed by atoms with van der Waals surface area (Å²) in [6, 6.07) is 15.5. The minimum absolute atomic E-state index is 0.271. The second-order valence-electron chi connectivity index (χ2n) is 5.90.